The number of esters is 1. The number of methoxy groups -OCH3 is 1. The van der Waals surface area contributed by atoms with Gasteiger partial charge in [0, 0.05) is 11.3 Å². The van der Waals surface area contributed by atoms with E-state index in [-0.39, 0.29) is 0 Å². The van der Waals surface area contributed by atoms with E-state index in [1.165, 1.54) is 13.2 Å². The van der Waals surface area contributed by atoms with Gasteiger partial charge in [-0.15, -0.1) is 0 Å². The largest absolute Gasteiger partial charge is 0.466 e. The Bertz CT molecular complexity index is 586. The van der Waals surface area contributed by atoms with Crippen molar-refractivity contribution in [2.45, 2.75) is 19.4 Å². The highest BCUT2D eigenvalue weighted by Crippen LogP contribution is 2.30. The number of hydrogen-bond donors (Lipinski definition) is 2. The lowest BCUT2D eigenvalue weighted by Gasteiger charge is -2.30. The van der Waals surface area contributed by atoms with Gasteiger partial charge in [0.2, 0.25) is 0 Å². The average molecular weight is 294 g/mol. The third-order valence-corrected chi connectivity index (χ3v) is 3.35. The van der Waals surface area contributed by atoms with Gasteiger partial charge in [0.1, 0.15) is 5.82 Å². The molecule has 106 valence electrons. The fourth-order valence-electron chi connectivity index (χ4n) is 2.19. The summed E-state index contributed by atoms with van der Waals surface area (Å²) in [7, 11) is 1.30. The Hall–Kier alpha value is -1.95. The summed E-state index contributed by atoms with van der Waals surface area (Å²) in [6, 6.07) is 5.64. The Morgan fingerprint density at radius 1 is 1.45 bits per heavy atom. The number of hydrogen-bond acceptors (Lipinski definition) is 3. The molecule has 1 aromatic carbocycles. The number of halogens is 1. The Kier molecular flexibility index (Phi) is 4.34. The summed E-state index contributed by atoms with van der Waals surface area (Å²) in [6.45, 7) is 1.89. The summed E-state index contributed by atoms with van der Waals surface area (Å²) in [5, 5.41) is 6.22. The number of rotatable bonds is 3. The quantitative estimate of drug-likeness (QED) is 0.661. The van der Waals surface area contributed by atoms with Crippen molar-refractivity contribution < 1.29 is 13.9 Å². The van der Waals surface area contributed by atoms with Crippen molar-refractivity contribution in [3.8, 4) is 0 Å². The number of nitrogens with one attached hydrogen (secondary N) is 2. The second kappa shape index (κ2) is 6.00. The van der Waals surface area contributed by atoms with Crippen molar-refractivity contribution in [2.24, 2.45) is 0 Å². The number of ether oxygens (including phenoxy) is 1. The lowest BCUT2D eigenvalue weighted by Crippen LogP contribution is -2.45. The van der Waals surface area contributed by atoms with Crippen LogP contribution in [0.5, 0.6) is 0 Å². The first-order valence-corrected chi connectivity index (χ1v) is 6.62. The number of carbonyl (C=O) groups excluding carboxylic acids is 1. The second-order valence-corrected chi connectivity index (χ2v) is 4.70. The lowest BCUT2D eigenvalue weighted by molar-refractivity contribution is -0.136. The van der Waals surface area contributed by atoms with Crippen LogP contribution in [0.25, 0.3) is 0 Å². The van der Waals surface area contributed by atoms with Crippen molar-refractivity contribution in [3.63, 3.8) is 0 Å². The molecule has 1 aliphatic heterocycles. The molecule has 0 saturated heterocycles. The maximum Gasteiger partial charge on any atom is 0.337 e. The van der Waals surface area contributed by atoms with Crippen molar-refractivity contribution in [3.05, 3.63) is 46.9 Å². The van der Waals surface area contributed by atoms with Crippen LogP contribution in [0.1, 0.15) is 24.9 Å². The number of carbonyl (C=O) groups is 1. The third-order valence-electron chi connectivity index (χ3n) is 3.13. The average Bonchev–Trinajstić information content (AvgIpc) is 2.46. The molecule has 2 rings (SSSR count). The van der Waals surface area contributed by atoms with Crippen LogP contribution in [0.2, 0.25) is 0 Å². The molecule has 0 bridgehead atoms. The highest BCUT2D eigenvalue weighted by Gasteiger charge is 2.32. The predicted octanol–water partition coefficient (Wildman–Crippen LogP) is 2.18. The summed E-state index contributed by atoms with van der Waals surface area (Å²) < 4.78 is 18.8. The third kappa shape index (κ3) is 2.65. The lowest BCUT2D eigenvalue weighted by atomic mass is 9.94. The van der Waals surface area contributed by atoms with E-state index in [9.17, 15) is 9.18 Å². The van der Waals surface area contributed by atoms with E-state index in [4.69, 9.17) is 17.0 Å². The topological polar surface area (TPSA) is 50.4 Å². The summed E-state index contributed by atoms with van der Waals surface area (Å²) in [5.74, 6) is -0.899. The molecule has 0 aliphatic carbocycles. The highest BCUT2D eigenvalue weighted by atomic mass is 32.1. The fourth-order valence-corrected chi connectivity index (χ4v) is 2.43. The molecule has 1 aromatic rings. The fraction of sp³-hybridized carbons (Fsp3) is 0.286. The molecule has 0 saturated carbocycles. The van der Waals surface area contributed by atoms with E-state index < -0.39 is 17.8 Å². The molecule has 1 aliphatic rings. The SMILES string of the molecule is CCC1=C(C(=O)OC)C(c2ccccc2F)NC(=S)N1. The molecule has 0 amide bonds. The van der Waals surface area contributed by atoms with Gasteiger partial charge in [-0.05, 0) is 24.7 Å². The van der Waals surface area contributed by atoms with Crippen LogP contribution in [0.15, 0.2) is 35.5 Å². The first kappa shape index (κ1) is 14.5. The molecule has 0 fully saturated rings. The minimum Gasteiger partial charge on any atom is -0.466 e. The molecule has 2 N–H and O–H groups in total. The molecule has 6 heteroatoms. The molecule has 1 heterocycles. The van der Waals surface area contributed by atoms with Crippen LogP contribution in [0.3, 0.4) is 0 Å². The van der Waals surface area contributed by atoms with E-state index in [0.29, 0.717) is 28.4 Å². The maximum atomic E-state index is 14.0. The van der Waals surface area contributed by atoms with Crippen molar-refractivity contribution in [2.75, 3.05) is 7.11 Å². The van der Waals surface area contributed by atoms with Crippen LogP contribution in [0, 0.1) is 5.82 Å². The molecule has 1 unspecified atom stereocenters. The van der Waals surface area contributed by atoms with Gasteiger partial charge >= 0.3 is 5.97 Å². The van der Waals surface area contributed by atoms with Gasteiger partial charge in [-0.2, -0.15) is 0 Å². The normalized spacial score (nSPS) is 18.4. The van der Waals surface area contributed by atoms with Crippen molar-refractivity contribution in [1.29, 1.82) is 0 Å². The first-order valence-electron chi connectivity index (χ1n) is 6.21. The van der Waals surface area contributed by atoms with Gasteiger partial charge in [0.15, 0.2) is 5.11 Å². The number of thiocarbonyl (C=S) groups is 1. The highest BCUT2D eigenvalue weighted by molar-refractivity contribution is 7.80. The molecule has 1 atom stereocenters. The Balaban J connectivity index is 2.56. The minimum atomic E-state index is -0.646. The molecular weight excluding hydrogens is 279 g/mol. The second-order valence-electron chi connectivity index (χ2n) is 4.29. The Morgan fingerprint density at radius 2 is 2.15 bits per heavy atom. The van der Waals surface area contributed by atoms with Gasteiger partial charge in [0.05, 0.1) is 18.7 Å². The summed E-state index contributed by atoms with van der Waals surface area (Å²) in [6.07, 6.45) is 0.567. The zero-order chi connectivity index (χ0) is 14.7. The minimum absolute atomic E-state index is 0.355. The molecule has 4 nitrogen and oxygen atoms in total. The van der Waals surface area contributed by atoms with Crippen LogP contribution in [-0.2, 0) is 9.53 Å². The predicted molar refractivity (Wildman–Crippen MR) is 77.3 cm³/mol. The van der Waals surface area contributed by atoms with E-state index >= 15 is 0 Å². The van der Waals surface area contributed by atoms with Crippen LogP contribution in [0.4, 0.5) is 4.39 Å². The van der Waals surface area contributed by atoms with E-state index in [2.05, 4.69) is 10.6 Å². The first-order chi connectivity index (χ1) is 9.58. The van der Waals surface area contributed by atoms with Gasteiger partial charge in [-0.1, -0.05) is 25.1 Å². The maximum absolute atomic E-state index is 14.0. The molecule has 0 spiro atoms. The number of benzene rings is 1. The van der Waals surface area contributed by atoms with Crippen molar-refractivity contribution in [1.82, 2.24) is 10.6 Å². The monoisotopic (exact) mass is 294 g/mol. The van der Waals surface area contributed by atoms with Gasteiger partial charge in [-0.25, -0.2) is 9.18 Å². The van der Waals surface area contributed by atoms with E-state index in [1.54, 1.807) is 18.2 Å². The van der Waals surface area contributed by atoms with Gasteiger partial charge in [0.25, 0.3) is 0 Å². The van der Waals surface area contributed by atoms with Crippen LogP contribution >= 0.6 is 12.2 Å². The van der Waals surface area contributed by atoms with Gasteiger partial charge < -0.3 is 15.4 Å². The summed E-state index contributed by atoms with van der Waals surface area (Å²) in [4.78, 5) is 12.0. The molecule has 0 radical (unpaired) electrons. The zero-order valence-electron chi connectivity index (χ0n) is 11.2. The zero-order valence-corrected chi connectivity index (χ0v) is 12.0. The van der Waals surface area contributed by atoms with Crippen LogP contribution in [-0.4, -0.2) is 18.2 Å². The van der Waals surface area contributed by atoms with Crippen LogP contribution < -0.4 is 10.6 Å². The molecule has 0 aromatic heterocycles. The van der Waals surface area contributed by atoms with Crippen molar-refractivity contribution >= 4 is 23.3 Å². The number of allylic oxidation sites excluding steroid dienone is 1. The van der Waals surface area contributed by atoms with E-state index in [0.717, 1.165) is 0 Å². The van der Waals surface area contributed by atoms with E-state index in [1.807, 2.05) is 6.92 Å². The Labute approximate surface area is 122 Å². The summed E-state index contributed by atoms with van der Waals surface area (Å²) >= 11 is 5.11. The standard InChI is InChI=1S/C14H15FN2O2S/c1-3-10-11(13(18)19-2)12(17-14(20)16-10)8-6-4-5-7-9(8)15/h4-7,12H,3H2,1-2H3,(H2,16,17,20). The Morgan fingerprint density at radius 3 is 2.75 bits per heavy atom. The summed E-state index contributed by atoms with van der Waals surface area (Å²) in [5.41, 5.74) is 1.37. The van der Waals surface area contributed by atoms with Gasteiger partial charge in [-0.3, -0.25) is 0 Å². The molecule has 20 heavy (non-hydrogen) atoms. The smallest absolute Gasteiger partial charge is 0.337 e. The molecular formula is C14H15FN2O2S.